The van der Waals surface area contributed by atoms with Gasteiger partial charge in [-0.3, -0.25) is 10.2 Å². The summed E-state index contributed by atoms with van der Waals surface area (Å²) in [6.45, 7) is 8.44. The molecule has 0 aliphatic carbocycles. The van der Waals surface area contributed by atoms with Gasteiger partial charge < -0.3 is 9.64 Å². The minimum absolute atomic E-state index is 0.128. The van der Waals surface area contributed by atoms with E-state index in [-0.39, 0.29) is 12.0 Å². The van der Waals surface area contributed by atoms with Crippen LogP contribution < -0.4 is 5.43 Å². The topological polar surface area (TPSA) is 44.8 Å². The second-order valence-electron chi connectivity index (χ2n) is 4.33. The first-order chi connectivity index (χ1) is 7.61. The summed E-state index contributed by atoms with van der Waals surface area (Å²) in [5.74, 6) is -0.128. The molecule has 1 atom stereocenters. The normalized spacial score (nSPS) is 20.7. The molecule has 1 aliphatic heterocycles. The minimum atomic E-state index is -0.128. The van der Waals surface area contributed by atoms with Crippen LogP contribution in [0.15, 0.2) is 0 Å². The molecule has 1 fully saturated rings. The maximum Gasteiger partial charge on any atom is 0.307 e. The lowest BCUT2D eigenvalue weighted by Crippen LogP contribution is -2.53. The van der Waals surface area contributed by atoms with Gasteiger partial charge in [-0.25, -0.2) is 5.01 Å². The van der Waals surface area contributed by atoms with E-state index < -0.39 is 0 Å². The van der Waals surface area contributed by atoms with Crippen LogP contribution in [0.2, 0.25) is 0 Å². The largest absolute Gasteiger partial charge is 0.466 e. The first-order valence-corrected chi connectivity index (χ1v) is 5.97. The van der Waals surface area contributed by atoms with Gasteiger partial charge in [0.05, 0.1) is 13.0 Å². The average molecular weight is 229 g/mol. The number of likely N-dealkylation sites (N-methyl/N-ethyl adjacent to an activating group) is 1. The predicted molar refractivity (Wildman–Crippen MR) is 62.9 cm³/mol. The second kappa shape index (κ2) is 6.83. The number of nitrogens with one attached hydrogen (secondary N) is 1. The highest BCUT2D eigenvalue weighted by Gasteiger charge is 2.17. The zero-order valence-corrected chi connectivity index (χ0v) is 10.5. The average Bonchev–Trinajstić information content (AvgIpc) is 2.21. The van der Waals surface area contributed by atoms with Crippen LogP contribution in [0, 0.1) is 0 Å². The van der Waals surface area contributed by atoms with Gasteiger partial charge in [-0.1, -0.05) is 0 Å². The third-order valence-corrected chi connectivity index (χ3v) is 2.68. The van der Waals surface area contributed by atoms with Gasteiger partial charge in [-0.2, -0.15) is 0 Å². The van der Waals surface area contributed by atoms with Crippen molar-refractivity contribution in [3.8, 4) is 0 Å². The first kappa shape index (κ1) is 13.4. The van der Waals surface area contributed by atoms with Crippen molar-refractivity contribution < 1.29 is 9.53 Å². The molecule has 1 rings (SSSR count). The lowest BCUT2D eigenvalue weighted by Gasteiger charge is -2.34. The summed E-state index contributed by atoms with van der Waals surface area (Å²) in [5, 5.41) is 2.18. The van der Waals surface area contributed by atoms with Crippen molar-refractivity contribution in [2.75, 3.05) is 39.8 Å². The first-order valence-electron chi connectivity index (χ1n) is 5.97. The zero-order valence-electron chi connectivity index (χ0n) is 10.5. The smallest absolute Gasteiger partial charge is 0.307 e. The van der Waals surface area contributed by atoms with Crippen LogP contribution in [-0.4, -0.2) is 61.8 Å². The number of esters is 1. The van der Waals surface area contributed by atoms with Gasteiger partial charge in [-0.15, -0.1) is 0 Å². The van der Waals surface area contributed by atoms with E-state index in [0.717, 1.165) is 26.2 Å². The van der Waals surface area contributed by atoms with E-state index in [1.807, 2.05) is 13.8 Å². The van der Waals surface area contributed by atoms with E-state index in [2.05, 4.69) is 22.4 Å². The molecule has 0 bridgehead atoms. The molecule has 1 aliphatic rings. The van der Waals surface area contributed by atoms with Gasteiger partial charge in [0.1, 0.15) is 0 Å². The molecule has 0 amide bonds. The van der Waals surface area contributed by atoms with E-state index in [0.29, 0.717) is 13.0 Å². The van der Waals surface area contributed by atoms with Crippen LogP contribution in [-0.2, 0) is 9.53 Å². The van der Waals surface area contributed by atoms with Crippen LogP contribution in [0.4, 0.5) is 0 Å². The number of carbonyl (C=O) groups is 1. The van der Waals surface area contributed by atoms with Crippen molar-refractivity contribution in [1.29, 1.82) is 0 Å². The second-order valence-corrected chi connectivity index (χ2v) is 4.33. The van der Waals surface area contributed by atoms with Gasteiger partial charge in [0, 0.05) is 32.2 Å². The van der Waals surface area contributed by atoms with E-state index in [4.69, 9.17) is 4.74 Å². The predicted octanol–water partition coefficient (Wildman–Crippen LogP) is 0.0801. The summed E-state index contributed by atoms with van der Waals surface area (Å²) < 4.78 is 4.91. The number of piperazine rings is 1. The number of hydrogen-bond acceptors (Lipinski definition) is 5. The molecule has 0 aromatic heterocycles. The zero-order chi connectivity index (χ0) is 12.0. The number of hydrogen-bond donors (Lipinski definition) is 1. The van der Waals surface area contributed by atoms with E-state index in [9.17, 15) is 4.79 Å². The quantitative estimate of drug-likeness (QED) is 0.676. The van der Waals surface area contributed by atoms with Gasteiger partial charge in [0.15, 0.2) is 0 Å². The van der Waals surface area contributed by atoms with Crippen molar-refractivity contribution >= 4 is 5.97 Å². The van der Waals surface area contributed by atoms with Crippen molar-refractivity contribution in [3.05, 3.63) is 0 Å². The molecular weight excluding hydrogens is 206 g/mol. The molecule has 5 heteroatoms. The molecule has 0 radical (unpaired) electrons. The molecule has 1 unspecified atom stereocenters. The summed E-state index contributed by atoms with van der Waals surface area (Å²) in [7, 11) is 2.12. The maximum absolute atomic E-state index is 11.3. The Kier molecular flexibility index (Phi) is 5.73. The van der Waals surface area contributed by atoms with Crippen molar-refractivity contribution in [1.82, 2.24) is 15.3 Å². The van der Waals surface area contributed by atoms with Crippen LogP contribution in [0.3, 0.4) is 0 Å². The fourth-order valence-corrected chi connectivity index (χ4v) is 1.76. The third-order valence-electron chi connectivity index (χ3n) is 2.68. The van der Waals surface area contributed by atoms with E-state index in [1.54, 1.807) is 0 Å². The number of hydrazine groups is 1. The highest BCUT2D eigenvalue weighted by molar-refractivity contribution is 5.69. The summed E-state index contributed by atoms with van der Waals surface area (Å²) in [4.78, 5) is 13.6. The van der Waals surface area contributed by atoms with Crippen molar-refractivity contribution in [2.24, 2.45) is 0 Å². The standard InChI is InChI=1S/C11H23N3O2/c1-4-16-11(15)9-10(2)12-14-7-5-13(3)6-8-14/h10,12H,4-9H2,1-3H3. The monoisotopic (exact) mass is 229 g/mol. The van der Waals surface area contributed by atoms with Gasteiger partial charge in [-0.05, 0) is 20.9 Å². The van der Waals surface area contributed by atoms with Gasteiger partial charge in [0.25, 0.3) is 0 Å². The number of rotatable bonds is 5. The van der Waals surface area contributed by atoms with Crippen molar-refractivity contribution in [3.63, 3.8) is 0 Å². The minimum Gasteiger partial charge on any atom is -0.466 e. The highest BCUT2D eigenvalue weighted by atomic mass is 16.5. The van der Waals surface area contributed by atoms with E-state index in [1.165, 1.54) is 0 Å². The fraction of sp³-hybridized carbons (Fsp3) is 0.909. The Hall–Kier alpha value is -0.650. The molecule has 5 nitrogen and oxygen atoms in total. The highest BCUT2D eigenvalue weighted by Crippen LogP contribution is 2.00. The summed E-state index contributed by atoms with van der Waals surface area (Å²) >= 11 is 0. The number of ether oxygens (including phenoxy) is 1. The number of carbonyl (C=O) groups excluding carboxylic acids is 1. The molecule has 16 heavy (non-hydrogen) atoms. The summed E-state index contributed by atoms with van der Waals surface area (Å²) in [5.41, 5.74) is 3.33. The third kappa shape index (κ3) is 4.92. The van der Waals surface area contributed by atoms with Gasteiger partial charge >= 0.3 is 5.97 Å². The Morgan fingerprint density at radius 1 is 1.38 bits per heavy atom. The van der Waals surface area contributed by atoms with E-state index >= 15 is 0 Å². The Balaban J connectivity index is 2.18. The summed E-state index contributed by atoms with van der Waals surface area (Å²) in [6.07, 6.45) is 0.431. The molecule has 0 spiro atoms. The fourth-order valence-electron chi connectivity index (χ4n) is 1.76. The molecule has 94 valence electrons. The molecule has 0 aromatic carbocycles. The van der Waals surface area contributed by atoms with Crippen LogP contribution in [0.1, 0.15) is 20.3 Å². The van der Waals surface area contributed by atoms with Crippen LogP contribution in [0.25, 0.3) is 0 Å². The molecule has 0 saturated carbocycles. The Morgan fingerprint density at radius 3 is 2.56 bits per heavy atom. The molecular formula is C11H23N3O2. The van der Waals surface area contributed by atoms with Crippen molar-refractivity contribution in [2.45, 2.75) is 26.3 Å². The van der Waals surface area contributed by atoms with Gasteiger partial charge in [0.2, 0.25) is 0 Å². The van der Waals surface area contributed by atoms with Crippen LogP contribution in [0.5, 0.6) is 0 Å². The molecule has 1 heterocycles. The lowest BCUT2D eigenvalue weighted by atomic mass is 10.2. The van der Waals surface area contributed by atoms with Crippen LogP contribution >= 0.6 is 0 Å². The molecule has 1 N–H and O–H groups in total. The summed E-state index contributed by atoms with van der Waals surface area (Å²) in [6, 6.07) is 0.141. The lowest BCUT2D eigenvalue weighted by molar-refractivity contribution is -0.144. The molecule has 0 aromatic rings. The number of nitrogens with zero attached hydrogens (tertiary/aromatic N) is 2. The Morgan fingerprint density at radius 2 is 2.00 bits per heavy atom. The molecule has 1 saturated heterocycles. The Bertz CT molecular complexity index is 215. The SMILES string of the molecule is CCOC(=O)CC(C)NN1CCN(C)CC1. The maximum atomic E-state index is 11.3. The Labute approximate surface area is 97.7 Å².